The summed E-state index contributed by atoms with van der Waals surface area (Å²) in [4.78, 5) is 33.1. The molecule has 1 aromatic heterocycles. The van der Waals surface area contributed by atoms with Crippen LogP contribution >= 0.6 is 0 Å². The van der Waals surface area contributed by atoms with E-state index < -0.39 is 64.6 Å². The van der Waals surface area contributed by atoms with Gasteiger partial charge >= 0.3 is 36.4 Å². The van der Waals surface area contributed by atoms with Crippen LogP contribution in [0, 0.1) is 0 Å². The molecule has 0 saturated carbocycles. The van der Waals surface area contributed by atoms with Gasteiger partial charge in [-0.2, -0.15) is 39.5 Å². The summed E-state index contributed by atoms with van der Waals surface area (Å²) in [6.07, 6.45) is -16.9. The summed E-state index contributed by atoms with van der Waals surface area (Å²) in [5, 5.41) is 6.74. The van der Waals surface area contributed by atoms with Crippen molar-refractivity contribution < 1.29 is 68.0 Å². The van der Waals surface area contributed by atoms with E-state index in [0.717, 1.165) is 5.32 Å². The van der Waals surface area contributed by atoms with Crippen LogP contribution in [0.1, 0.15) is 0 Å². The Bertz CT molecular complexity index is 1010. The molecule has 164 valence electrons. The van der Waals surface area contributed by atoms with Crippen LogP contribution < -0.4 is 14.8 Å². The molecule has 0 bridgehead atoms. The maximum Gasteiger partial charge on any atom is 0.491 e. The predicted octanol–water partition coefficient (Wildman–Crippen LogP) is 2.66. The first-order valence-electron chi connectivity index (χ1n) is 6.77. The maximum atomic E-state index is 12.5. The van der Waals surface area contributed by atoms with Crippen molar-refractivity contribution in [1.82, 2.24) is 10.3 Å². The van der Waals surface area contributed by atoms with Gasteiger partial charge in [-0.15, -0.1) is 0 Å². The summed E-state index contributed by atoms with van der Waals surface area (Å²) < 4.78 is 124. The van der Waals surface area contributed by atoms with Crippen LogP contribution in [-0.4, -0.2) is 46.7 Å². The van der Waals surface area contributed by atoms with E-state index in [1.54, 1.807) is 0 Å². The van der Waals surface area contributed by atoms with E-state index in [2.05, 4.69) is 24.4 Å². The Balaban J connectivity index is 2.65. The number of nitrogens with one attached hydrogen (secondary N) is 1. The standard InChI is InChI=1S/C12H2F9N3O6/c13-10(14,15)7(25)22-2-1-3(28-8(26)11(16,17)18)4-5(24-30-23-4)6(2)29-9(27)12(19,20)21/h1H,(H,22,25). The third-order valence-electron chi connectivity index (χ3n) is 2.82. The zero-order chi connectivity index (χ0) is 23.1. The number of rotatable bonds is 3. The molecule has 0 saturated heterocycles. The summed E-state index contributed by atoms with van der Waals surface area (Å²) in [5.41, 5.74) is -3.71. The highest BCUT2D eigenvalue weighted by molar-refractivity contribution is 6.03. The molecular weight excluding hydrogens is 453 g/mol. The number of nitrogens with zero attached hydrogens (tertiary/aromatic N) is 2. The topological polar surface area (TPSA) is 121 Å². The largest absolute Gasteiger partial charge is 0.491 e. The molecule has 1 N–H and O–H groups in total. The molecule has 0 fully saturated rings. The van der Waals surface area contributed by atoms with Gasteiger partial charge in [0, 0.05) is 6.07 Å². The molecule has 0 aliphatic heterocycles. The molecular formula is C12H2F9N3O6. The maximum absolute atomic E-state index is 12.5. The minimum absolute atomic E-state index is 0.0127. The van der Waals surface area contributed by atoms with Gasteiger partial charge in [0.15, 0.2) is 22.5 Å². The summed E-state index contributed by atoms with van der Waals surface area (Å²) in [6, 6.07) is 0.0127. The first-order valence-corrected chi connectivity index (χ1v) is 6.77. The second-order valence-corrected chi connectivity index (χ2v) is 4.94. The number of alkyl halides is 9. The fraction of sp³-hybridized carbons (Fsp3) is 0.250. The zero-order valence-electron chi connectivity index (χ0n) is 13.3. The van der Waals surface area contributed by atoms with E-state index >= 15 is 0 Å². The number of hydrogen-bond donors (Lipinski definition) is 1. The van der Waals surface area contributed by atoms with Gasteiger partial charge in [0.2, 0.25) is 0 Å². The first-order chi connectivity index (χ1) is 13.5. The van der Waals surface area contributed by atoms with Crippen molar-refractivity contribution in [2.75, 3.05) is 5.32 Å². The second-order valence-electron chi connectivity index (χ2n) is 4.94. The Hall–Kier alpha value is -3.60. The van der Waals surface area contributed by atoms with E-state index in [0.29, 0.717) is 0 Å². The summed E-state index contributed by atoms with van der Waals surface area (Å²) >= 11 is 0. The highest BCUT2D eigenvalue weighted by atomic mass is 19.4. The van der Waals surface area contributed by atoms with E-state index in [1.807, 2.05) is 0 Å². The third-order valence-corrected chi connectivity index (χ3v) is 2.82. The number of ether oxygens (including phenoxy) is 2. The minimum Gasteiger partial charge on any atom is -0.417 e. The molecule has 1 aromatic carbocycles. The van der Waals surface area contributed by atoms with Crippen molar-refractivity contribution in [3.63, 3.8) is 0 Å². The molecule has 0 atom stereocenters. The van der Waals surface area contributed by atoms with E-state index in [4.69, 9.17) is 0 Å². The Morgan fingerprint density at radius 2 is 1.30 bits per heavy atom. The van der Waals surface area contributed by atoms with E-state index in [-0.39, 0.29) is 6.07 Å². The van der Waals surface area contributed by atoms with E-state index in [9.17, 15) is 53.9 Å². The van der Waals surface area contributed by atoms with Crippen LogP contribution in [-0.2, 0) is 14.4 Å². The molecule has 0 aliphatic rings. The highest BCUT2D eigenvalue weighted by Gasteiger charge is 2.45. The average molecular weight is 455 g/mol. The number of halogens is 9. The van der Waals surface area contributed by atoms with Gasteiger partial charge in [0.1, 0.15) is 0 Å². The van der Waals surface area contributed by atoms with Gasteiger partial charge in [0.05, 0.1) is 5.69 Å². The van der Waals surface area contributed by atoms with Crippen LogP contribution in [0.3, 0.4) is 0 Å². The quantitative estimate of drug-likeness (QED) is 0.426. The summed E-state index contributed by atoms with van der Waals surface area (Å²) in [6.45, 7) is 0. The lowest BCUT2D eigenvalue weighted by molar-refractivity contribution is -0.189. The van der Waals surface area contributed by atoms with Crippen LogP contribution in [0.4, 0.5) is 45.2 Å². The fourth-order valence-electron chi connectivity index (χ4n) is 1.67. The molecule has 0 spiro atoms. The first kappa shape index (κ1) is 22.7. The highest BCUT2D eigenvalue weighted by Crippen LogP contribution is 2.40. The van der Waals surface area contributed by atoms with Crippen LogP contribution in [0.15, 0.2) is 10.7 Å². The number of esters is 2. The van der Waals surface area contributed by atoms with E-state index in [1.165, 1.54) is 0 Å². The molecule has 0 unspecified atom stereocenters. The molecule has 30 heavy (non-hydrogen) atoms. The number of anilines is 1. The van der Waals surface area contributed by atoms with Crippen molar-refractivity contribution in [3.8, 4) is 11.5 Å². The zero-order valence-corrected chi connectivity index (χ0v) is 13.3. The number of amides is 1. The average Bonchev–Trinajstić information content (AvgIpc) is 3.04. The molecule has 0 aliphatic carbocycles. The lowest BCUT2D eigenvalue weighted by Gasteiger charge is -2.15. The SMILES string of the molecule is O=C(Nc1cc(OC(=O)C(F)(F)F)c2nonc2c1OC(=O)C(F)(F)F)C(F)(F)F. The van der Waals surface area contributed by atoms with Crippen LogP contribution in [0.25, 0.3) is 11.0 Å². The second kappa shape index (κ2) is 7.34. The monoisotopic (exact) mass is 455 g/mol. The Morgan fingerprint density at radius 1 is 0.800 bits per heavy atom. The Morgan fingerprint density at radius 3 is 1.80 bits per heavy atom. The number of hydrogen-bond acceptors (Lipinski definition) is 8. The number of fused-ring (bicyclic) bond motifs is 1. The van der Waals surface area contributed by atoms with Crippen LogP contribution in [0.2, 0.25) is 0 Å². The smallest absolute Gasteiger partial charge is 0.417 e. The molecule has 18 heteroatoms. The van der Waals surface area contributed by atoms with Gasteiger partial charge in [-0.1, -0.05) is 0 Å². The number of aromatic nitrogens is 2. The normalized spacial score (nSPS) is 12.6. The van der Waals surface area contributed by atoms with Gasteiger partial charge in [-0.3, -0.25) is 4.79 Å². The van der Waals surface area contributed by atoms with Gasteiger partial charge < -0.3 is 14.8 Å². The van der Waals surface area contributed by atoms with Crippen molar-refractivity contribution in [2.24, 2.45) is 0 Å². The Kier molecular flexibility index (Phi) is 5.55. The minimum atomic E-state index is -5.68. The Labute approximate surface area is 155 Å². The van der Waals surface area contributed by atoms with Gasteiger partial charge in [-0.25, -0.2) is 14.2 Å². The number of carbonyl (C=O) groups excluding carboxylic acids is 3. The fourth-order valence-corrected chi connectivity index (χ4v) is 1.67. The lowest BCUT2D eigenvalue weighted by Crippen LogP contribution is -2.32. The predicted molar refractivity (Wildman–Crippen MR) is 69.9 cm³/mol. The van der Waals surface area contributed by atoms with Crippen molar-refractivity contribution in [2.45, 2.75) is 18.5 Å². The molecule has 1 amide bonds. The number of carbonyl (C=O) groups is 3. The van der Waals surface area contributed by atoms with Crippen molar-refractivity contribution in [3.05, 3.63) is 6.07 Å². The third kappa shape index (κ3) is 4.87. The molecule has 2 rings (SSSR count). The lowest BCUT2D eigenvalue weighted by atomic mass is 10.2. The summed E-state index contributed by atoms with van der Waals surface area (Å²) in [5.74, 6) is -11.6. The summed E-state index contributed by atoms with van der Waals surface area (Å²) in [7, 11) is 0. The molecule has 0 radical (unpaired) electrons. The van der Waals surface area contributed by atoms with Gasteiger partial charge in [0.25, 0.3) is 0 Å². The van der Waals surface area contributed by atoms with Crippen molar-refractivity contribution >= 4 is 34.6 Å². The molecule has 2 aromatic rings. The number of benzene rings is 1. The van der Waals surface area contributed by atoms with Gasteiger partial charge in [-0.05, 0) is 10.3 Å². The molecule has 1 heterocycles. The molecule has 9 nitrogen and oxygen atoms in total. The van der Waals surface area contributed by atoms with Crippen LogP contribution in [0.5, 0.6) is 11.5 Å². The van der Waals surface area contributed by atoms with Crippen molar-refractivity contribution in [1.29, 1.82) is 0 Å².